The fourth-order valence-corrected chi connectivity index (χ4v) is 2.47. The summed E-state index contributed by atoms with van der Waals surface area (Å²) in [6.07, 6.45) is 0.0316. The average Bonchev–Trinajstić information content (AvgIpc) is 2.28. The first kappa shape index (κ1) is 16.8. The predicted molar refractivity (Wildman–Crippen MR) is 62.9 cm³/mol. The molecule has 0 aliphatic heterocycles. The highest BCUT2D eigenvalue weighted by molar-refractivity contribution is 7.86. The number of aliphatic carboxylic acids is 1. The molecule has 0 aromatic rings. The number of hydrogen-bond acceptors (Lipinski definition) is 5. The summed E-state index contributed by atoms with van der Waals surface area (Å²) >= 11 is 0. The first-order valence-corrected chi connectivity index (χ1v) is 6.55. The minimum absolute atomic E-state index is 0.00610. The summed E-state index contributed by atoms with van der Waals surface area (Å²) in [5.41, 5.74) is 0. The van der Waals surface area contributed by atoms with E-state index in [9.17, 15) is 13.2 Å². The molecule has 1 N–H and O–H groups in total. The van der Waals surface area contributed by atoms with Gasteiger partial charge in [0.05, 0.1) is 12.7 Å². The van der Waals surface area contributed by atoms with Crippen molar-refractivity contribution in [1.82, 2.24) is 8.61 Å². The second-order valence-corrected chi connectivity index (χ2v) is 5.49. The number of carbonyl (C=O) groups is 1. The van der Waals surface area contributed by atoms with Crippen LogP contribution >= 0.6 is 0 Å². The Morgan fingerprint density at radius 2 is 2.06 bits per heavy atom. The lowest BCUT2D eigenvalue weighted by Gasteiger charge is -2.25. The van der Waals surface area contributed by atoms with Crippen LogP contribution < -0.4 is 0 Å². The average molecular weight is 279 g/mol. The van der Waals surface area contributed by atoms with Crippen molar-refractivity contribution in [1.29, 1.82) is 5.26 Å². The van der Waals surface area contributed by atoms with Crippen molar-refractivity contribution in [3.8, 4) is 6.07 Å². The molecule has 0 aromatic heterocycles. The molecule has 0 fully saturated rings. The van der Waals surface area contributed by atoms with Crippen molar-refractivity contribution in [3.05, 3.63) is 0 Å². The van der Waals surface area contributed by atoms with Crippen LogP contribution in [0.3, 0.4) is 0 Å². The van der Waals surface area contributed by atoms with Crippen molar-refractivity contribution in [2.75, 3.05) is 40.4 Å². The van der Waals surface area contributed by atoms with Gasteiger partial charge in [-0.1, -0.05) is 0 Å². The van der Waals surface area contributed by atoms with Gasteiger partial charge >= 0.3 is 5.97 Å². The van der Waals surface area contributed by atoms with E-state index in [0.717, 1.165) is 8.61 Å². The molecular formula is C9H17N3O5S. The van der Waals surface area contributed by atoms with Crippen LogP contribution in [0.2, 0.25) is 0 Å². The van der Waals surface area contributed by atoms with Gasteiger partial charge in [0.15, 0.2) is 0 Å². The van der Waals surface area contributed by atoms with Crippen LogP contribution in [0, 0.1) is 11.3 Å². The lowest BCUT2D eigenvalue weighted by atomic mass is 10.4. The van der Waals surface area contributed by atoms with Crippen LogP contribution in [0.1, 0.15) is 6.42 Å². The van der Waals surface area contributed by atoms with Gasteiger partial charge in [-0.2, -0.15) is 22.3 Å². The Balaban J connectivity index is 4.83. The molecule has 9 heteroatoms. The Hall–Kier alpha value is -1.21. The fraction of sp³-hybridized carbons (Fsp3) is 0.778. The summed E-state index contributed by atoms with van der Waals surface area (Å²) in [7, 11) is -1.28. The Bertz CT molecular complexity index is 403. The van der Waals surface area contributed by atoms with Crippen molar-refractivity contribution in [2.24, 2.45) is 0 Å². The first-order valence-electron chi connectivity index (χ1n) is 5.15. The summed E-state index contributed by atoms with van der Waals surface area (Å²) < 4.78 is 30.5. The van der Waals surface area contributed by atoms with E-state index in [1.54, 1.807) is 0 Å². The van der Waals surface area contributed by atoms with Crippen LogP contribution in [-0.4, -0.2) is 68.5 Å². The van der Waals surface area contributed by atoms with Crippen molar-refractivity contribution < 1.29 is 23.1 Å². The molecule has 0 radical (unpaired) electrons. The zero-order chi connectivity index (χ0) is 14.2. The molecule has 8 nitrogen and oxygen atoms in total. The first-order chi connectivity index (χ1) is 8.36. The zero-order valence-corrected chi connectivity index (χ0v) is 11.2. The maximum absolute atomic E-state index is 12.0. The largest absolute Gasteiger partial charge is 0.480 e. The highest BCUT2D eigenvalue weighted by atomic mass is 32.2. The van der Waals surface area contributed by atoms with E-state index in [2.05, 4.69) is 0 Å². The molecule has 104 valence electrons. The van der Waals surface area contributed by atoms with E-state index in [0.29, 0.717) is 0 Å². The van der Waals surface area contributed by atoms with Gasteiger partial charge in [0.25, 0.3) is 10.2 Å². The van der Waals surface area contributed by atoms with Gasteiger partial charge in [-0.15, -0.1) is 0 Å². The number of carboxylic acids is 1. The second-order valence-electron chi connectivity index (χ2n) is 3.46. The van der Waals surface area contributed by atoms with E-state index in [4.69, 9.17) is 15.1 Å². The molecular weight excluding hydrogens is 262 g/mol. The zero-order valence-electron chi connectivity index (χ0n) is 10.4. The number of nitrogens with zero attached hydrogens (tertiary/aromatic N) is 3. The molecule has 0 spiro atoms. The highest BCUT2D eigenvalue weighted by Gasteiger charge is 2.27. The lowest BCUT2D eigenvalue weighted by molar-refractivity contribution is -0.137. The van der Waals surface area contributed by atoms with Gasteiger partial charge in [-0.25, -0.2) is 0 Å². The van der Waals surface area contributed by atoms with Crippen molar-refractivity contribution in [3.63, 3.8) is 0 Å². The maximum atomic E-state index is 12.0. The van der Waals surface area contributed by atoms with Crippen LogP contribution in [0.25, 0.3) is 0 Å². The van der Waals surface area contributed by atoms with Crippen LogP contribution in [0.4, 0.5) is 0 Å². The molecule has 0 aliphatic carbocycles. The number of rotatable bonds is 9. The number of methoxy groups -OCH3 is 1. The molecule has 0 aromatic carbocycles. The number of ether oxygens (including phenoxy) is 1. The standard InChI is InChI=1S/C9H17N3O5S/c1-11(8-9(13)14)18(15,16)12(5-3-4-10)6-7-17-2/h3,5-8H2,1-2H3,(H,13,14). The van der Waals surface area contributed by atoms with Crippen LogP contribution in [0.15, 0.2) is 0 Å². The highest BCUT2D eigenvalue weighted by Crippen LogP contribution is 2.07. The maximum Gasteiger partial charge on any atom is 0.318 e. The van der Waals surface area contributed by atoms with E-state index < -0.39 is 22.7 Å². The summed E-state index contributed by atoms with van der Waals surface area (Å²) in [4.78, 5) is 10.5. The van der Waals surface area contributed by atoms with Crippen molar-refractivity contribution in [2.45, 2.75) is 6.42 Å². The smallest absolute Gasteiger partial charge is 0.318 e. The summed E-state index contributed by atoms with van der Waals surface area (Å²) in [6, 6.07) is 1.84. The van der Waals surface area contributed by atoms with E-state index in [1.807, 2.05) is 6.07 Å². The molecule has 0 heterocycles. The molecule has 0 bridgehead atoms. The van der Waals surface area contributed by atoms with E-state index in [1.165, 1.54) is 14.2 Å². The topological polar surface area (TPSA) is 111 Å². The van der Waals surface area contributed by atoms with Gasteiger partial charge in [-0.05, 0) is 0 Å². The van der Waals surface area contributed by atoms with Gasteiger partial charge in [0, 0.05) is 33.7 Å². The number of likely N-dealkylation sites (N-methyl/N-ethyl adjacent to an activating group) is 1. The Labute approximate surface area is 107 Å². The number of nitriles is 1. The normalized spacial score (nSPS) is 11.7. The van der Waals surface area contributed by atoms with Crippen LogP contribution in [-0.2, 0) is 19.7 Å². The molecule has 0 aliphatic rings. The van der Waals surface area contributed by atoms with Gasteiger partial charge in [0.2, 0.25) is 0 Å². The lowest BCUT2D eigenvalue weighted by Crippen LogP contribution is -2.45. The molecule has 0 atom stereocenters. The molecule has 18 heavy (non-hydrogen) atoms. The minimum Gasteiger partial charge on any atom is -0.480 e. The molecule has 0 unspecified atom stereocenters. The molecule has 0 amide bonds. The van der Waals surface area contributed by atoms with E-state index >= 15 is 0 Å². The van der Waals surface area contributed by atoms with Crippen molar-refractivity contribution >= 4 is 16.2 Å². The van der Waals surface area contributed by atoms with E-state index in [-0.39, 0.29) is 26.1 Å². The molecule has 0 rings (SSSR count). The van der Waals surface area contributed by atoms with Crippen LogP contribution in [0.5, 0.6) is 0 Å². The number of carboxylic acid groups (broad SMARTS) is 1. The minimum atomic E-state index is -3.89. The monoisotopic (exact) mass is 279 g/mol. The third-order valence-corrected chi connectivity index (χ3v) is 4.03. The van der Waals surface area contributed by atoms with Gasteiger partial charge in [-0.3, -0.25) is 4.79 Å². The molecule has 0 saturated carbocycles. The fourth-order valence-electron chi connectivity index (χ4n) is 1.18. The third-order valence-electron chi connectivity index (χ3n) is 2.10. The summed E-state index contributed by atoms with van der Waals surface area (Å²) in [5.74, 6) is -1.24. The molecule has 0 saturated heterocycles. The Morgan fingerprint density at radius 1 is 1.44 bits per heavy atom. The summed E-state index contributed by atoms with van der Waals surface area (Å²) in [6.45, 7) is -0.374. The second kappa shape index (κ2) is 7.99. The van der Waals surface area contributed by atoms with Gasteiger partial charge < -0.3 is 9.84 Å². The Morgan fingerprint density at radius 3 is 2.50 bits per heavy atom. The number of hydrogen-bond donors (Lipinski definition) is 1. The SMILES string of the molecule is COCCN(CCC#N)S(=O)(=O)N(C)CC(=O)O. The quantitative estimate of drug-likeness (QED) is 0.586. The van der Waals surface area contributed by atoms with Gasteiger partial charge in [0.1, 0.15) is 6.54 Å². The summed E-state index contributed by atoms with van der Waals surface area (Å²) in [5, 5.41) is 17.1. The Kier molecular flexibility index (Phi) is 7.45. The third kappa shape index (κ3) is 5.42. The predicted octanol–water partition coefficient (Wildman–Crippen LogP) is -0.890.